The van der Waals surface area contributed by atoms with E-state index in [1.807, 2.05) is 0 Å². The van der Waals surface area contributed by atoms with Gasteiger partial charge in [-0.25, -0.2) is 4.79 Å². The average Bonchev–Trinajstić information content (AvgIpc) is 2.34. The van der Waals surface area contributed by atoms with Crippen LogP contribution in [-0.4, -0.2) is 21.3 Å². The van der Waals surface area contributed by atoms with Crippen LogP contribution in [0.5, 0.6) is 0 Å². The summed E-state index contributed by atoms with van der Waals surface area (Å²) in [7, 11) is 0. The lowest BCUT2D eigenvalue weighted by molar-refractivity contribution is 0.0636. The van der Waals surface area contributed by atoms with Crippen molar-refractivity contribution in [3.63, 3.8) is 0 Å². The Morgan fingerprint density at radius 1 is 1.62 bits per heavy atom. The van der Waals surface area contributed by atoms with Crippen LogP contribution < -0.4 is 5.32 Å². The van der Waals surface area contributed by atoms with Crippen molar-refractivity contribution in [2.45, 2.75) is 26.4 Å². The van der Waals surface area contributed by atoms with E-state index in [-0.39, 0.29) is 0 Å². The molecular weight excluding hydrogens is 190 g/mol. The lowest BCUT2D eigenvalue weighted by atomic mass is 10.2. The summed E-state index contributed by atoms with van der Waals surface area (Å²) >= 11 is 1.10. The predicted molar refractivity (Wildman–Crippen MR) is 49.8 cm³/mol. The fourth-order valence-electron chi connectivity index (χ4n) is 0.626. The van der Waals surface area contributed by atoms with Crippen LogP contribution in [0.25, 0.3) is 0 Å². The van der Waals surface area contributed by atoms with E-state index >= 15 is 0 Å². The van der Waals surface area contributed by atoms with E-state index in [0.29, 0.717) is 5.00 Å². The molecule has 1 aromatic heterocycles. The topological polar surface area (TPSA) is 64.1 Å². The summed E-state index contributed by atoms with van der Waals surface area (Å²) in [5.74, 6) is 0. The first-order chi connectivity index (χ1) is 5.97. The van der Waals surface area contributed by atoms with Gasteiger partial charge in [-0.05, 0) is 20.8 Å². The Balaban J connectivity index is 2.43. The predicted octanol–water partition coefficient (Wildman–Crippen LogP) is 1.89. The molecule has 0 bridgehead atoms. The van der Waals surface area contributed by atoms with Crippen LogP contribution in [0.3, 0.4) is 0 Å². The summed E-state index contributed by atoms with van der Waals surface area (Å²) in [4.78, 5) is 11.1. The zero-order chi connectivity index (χ0) is 9.90. The minimum atomic E-state index is -0.487. The molecule has 0 radical (unpaired) electrons. The standard InChI is InChI=1S/C7H11N3O2S/c1-7(2,3)12-6(11)9-5-4-8-10-13-5/h4H,1-3H3,(H,9,11). The molecule has 0 saturated heterocycles. The minimum absolute atomic E-state index is 0.484. The highest BCUT2D eigenvalue weighted by molar-refractivity contribution is 7.10. The third kappa shape index (κ3) is 3.84. The van der Waals surface area contributed by atoms with Gasteiger partial charge < -0.3 is 4.74 Å². The van der Waals surface area contributed by atoms with Crippen molar-refractivity contribution in [1.82, 2.24) is 9.59 Å². The monoisotopic (exact) mass is 201 g/mol. The molecule has 0 aliphatic carbocycles. The zero-order valence-electron chi connectivity index (χ0n) is 7.70. The highest BCUT2D eigenvalue weighted by atomic mass is 32.1. The molecule has 13 heavy (non-hydrogen) atoms. The molecule has 5 nitrogen and oxygen atoms in total. The summed E-state index contributed by atoms with van der Waals surface area (Å²) in [6, 6.07) is 0. The van der Waals surface area contributed by atoms with Gasteiger partial charge >= 0.3 is 6.09 Å². The van der Waals surface area contributed by atoms with E-state index in [9.17, 15) is 4.79 Å². The second kappa shape index (κ2) is 3.69. The first-order valence-corrected chi connectivity index (χ1v) is 4.52. The first-order valence-electron chi connectivity index (χ1n) is 3.75. The van der Waals surface area contributed by atoms with Gasteiger partial charge in [-0.1, -0.05) is 4.49 Å². The van der Waals surface area contributed by atoms with Gasteiger partial charge in [-0.2, -0.15) is 0 Å². The van der Waals surface area contributed by atoms with Crippen molar-refractivity contribution in [2.75, 3.05) is 5.32 Å². The number of ether oxygens (including phenoxy) is 1. The molecule has 72 valence electrons. The van der Waals surface area contributed by atoms with Gasteiger partial charge in [0.1, 0.15) is 10.6 Å². The molecule has 1 aromatic rings. The second-order valence-electron chi connectivity index (χ2n) is 3.41. The number of amides is 1. The van der Waals surface area contributed by atoms with Gasteiger partial charge in [-0.15, -0.1) is 5.10 Å². The zero-order valence-corrected chi connectivity index (χ0v) is 8.51. The molecule has 1 rings (SSSR count). The summed E-state index contributed by atoms with van der Waals surface area (Å²) in [6.45, 7) is 5.41. The second-order valence-corrected chi connectivity index (χ2v) is 4.19. The quantitative estimate of drug-likeness (QED) is 0.753. The molecule has 0 fully saturated rings. The number of carbonyl (C=O) groups excluding carboxylic acids is 1. The third-order valence-electron chi connectivity index (χ3n) is 0.985. The van der Waals surface area contributed by atoms with Crippen molar-refractivity contribution >= 4 is 22.6 Å². The lowest BCUT2D eigenvalue weighted by Gasteiger charge is -2.18. The fourth-order valence-corrected chi connectivity index (χ4v) is 1.03. The molecule has 0 unspecified atom stereocenters. The van der Waals surface area contributed by atoms with Gasteiger partial charge in [0.2, 0.25) is 0 Å². The molecular formula is C7H11N3O2S. The van der Waals surface area contributed by atoms with Crippen molar-refractivity contribution < 1.29 is 9.53 Å². The molecule has 1 N–H and O–H groups in total. The highest BCUT2D eigenvalue weighted by Gasteiger charge is 2.16. The van der Waals surface area contributed by atoms with Crippen LogP contribution in [0.1, 0.15) is 20.8 Å². The third-order valence-corrected chi connectivity index (χ3v) is 1.57. The summed E-state index contributed by atoms with van der Waals surface area (Å²) < 4.78 is 8.61. The van der Waals surface area contributed by atoms with Gasteiger partial charge in [0.15, 0.2) is 0 Å². The van der Waals surface area contributed by atoms with Crippen molar-refractivity contribution in [1.29, 1.82) is 0 Å². The van der Waals surface area contributed by atoms with Crippen LogP contribution in [0.2, 0.25) is 0 Å². The van der Waals surface area contributed by atoms with E-state index in [0.717, 1.165) is 11.5 Å². The first kappa shape index (κ1) is 9.91. The number of rotatable bonds is 1. The van der Waals surface area contributed by atoms with Crippen molar-refractivity contribution in [2.24, 2.45) is 0 Å². The van der Waals surface area contributed by atoms with Crippen LogP contribution >= 0.6 is 11.5 Å². The molecule has 0 aliphatic rings. The largest absolute Gasteiger partial charge is 0.444 e. The maximum atomic E-state index is 11.1. The molecule has 6 heteroatoms. The van der Waals surface area contributed by atoms with Gasteiger partial charge in [0.25, 0.3) is 0 Å². The number of anilines is 1. The maximum Gasteiger partial charge on any atom is 0.412 e. The number of nitrogens with zero attached hydrogens (tertiary/aromatic N) is 2. The molecule has 0 saturated carbocycles. The molecule has 0 atom stereocenters. The smallest absolute Gasteiger partial charge is 0.412 e. The number of nitrogens with one attached hydrogen (secondary N) is 1. The Bertz CT molecular complexity index is 278. The van der Waals surface area contributed by atoms with E-state index in [1.54, 1.807) is 20.8 Å². The molecule has 0 aliphatic heterocycles. The van der Waals surface area contributed by atoms with Crippen LogP contribution in [0.4, 0.5) is 9.80 Å². The average molecular weight is 201 g/mol. The van der Waals surface area contributed by atoms with E-state index in [2.05, 4.69) is 14.9 Å². The van der Waals surface area contributed by atoms with Gasteiger partial charge in [0, 0.05) is 11.5 Å². The van der Waals surface area contributed by atoms with Gasteiger partial charge in [-0.3, -0.25) is 5.32 Å². The molecule has 0 aromatic carbocycles. The number of hydrogen-bond acceptors (Lipinski definition) is 5. The Morgan fingerprint density at radius 2 is 2.31 bits per heavy atom. The number of carbonyl (C=O) groups is 1. The Kier molecular flexibility index (Phi) is 2.82. The van der Waals surface area contributed by atoms with Crippen molar-refractivity contribution in [3.8, 4) is 0 Å². The Morgan fingerprint density at radius 3 is 2.77 bits per heavy atom. The SMILES string of the molecule is CC(C)(C)OC(=O)Nc1cnns1. The maximum absolute atomic E-state index is 11.1. The van der Waals surface area contributed by atoms with E-state index in [4.69, 9.17) is 4.74 Å². The number of hydrogen-bond donors (Lipinski definition) is 1. The summed E-state index contributed by atoms with van der Waals surface area (Å²) in [5.41, 5.74) is -0.484. The highest BCUT2D eigenvalue weighted by Crippen LogP contribution is 2.12. The Labute approximate surface area is 80.3 Å². The van der Waals surface area contributed by atoms with Crippen LogP contribution in [0.15, 0.2) is 6.20 Å². The van der Waals surface area contributed by atoms with Crippen LogP contribution in [0, 0.1) is 0 Å². The van der Waals surface area contributed by atoms with E-state index < -0.39 is 11.7 Å². The molecule has 0 spiro atoms. The summed E-state index contributed by atoms with van der Waals surface area (Å²) in [6.07, 6.45) is 0.979. The molecule has 1 amide bonds. The minimum Gasteiger partial charge on any atom is -0.444 e. The van der Waals surface area contributed by atoms with E-state index in [1.165, 1.54) is 6.20 Å². The molecule has 1 heterocycles. The van der Waals surface area contributed by atoms with Crippen molar-refractivity contribution in [3.05, 3.63) is 6.20 Å². The fraction of sp³-hybridized carbons (Fsp3) is 0.571. The van der Waals surface area contributed by atoms with Gasteiger partial charge in [0.05, 0.1) is 6.20 Å². The summed E-state index contributed by atoms with van der Waals surface area (Å²) in [5, 5.41) is 6.66. The Hall–Kier alpha value is -1.17. The normalized spacial score (nSPS) is 11.0. The number of aromatic nitrogens is 2. The lowest BCUT2D eigenvalue weighted by Crippen LogP contribution is -2.26. The van der Waals surface area contributed by atoms with Crippen LogP contribution in [-0.2, 0) is 4.74 Å².